The molecule has 0 aromatic carbocycles. The molecule has 0 bridgehead atoms. The third-order valence-corrected chi connectivity index (χ3v) is 4.14. The summed E-state index contributed by atoms with van der Waals surface area (Å²) in [5.41, 5.74) is 0. The number of hydrogen-bond donors (Lipinski definition) is 1. The van der Waals surface area contributed by atoms with Crippen molar-refractivity contribution >= 4 is 11.3 Å². The van der Waals surface area contributed by atoms with Crippen LogP contribution in [0.25, 0.3) is 0 Å². The molecular formula is C13H24N2S. The second kappa shape index (κ2) is 7.05. The Balaban J connectivity index is 2.27. The zero-order valence-corrected chi connectivity index (χ0v) is 11.7. The minimum absolute atomic E-state index is 0.481. The molecule has 1 N–H and O–H groups in total. The minimum atomic E-state index is 0.481. The maximum Gasteiger partial charge on any atom is 0.0386 e. The van der Waals surface area contributed by atoms with Gasteiger partial charge in [0.1, 0.15) is 0 Å². The molecule has 1 unspecified atom stereocenters. The van der Waals surface area contributed by atoms with Crippen LogP contribution in [-0.2, 0) is 0 Å². The highest BCUT2D eigenvalue weighted by Crippen LogP contribution is 2.21. The standard InChI is InChI=1S/C13H24N2S/c1-5-15(6-2)10-9-14-12(4)13-8-7-11(3)16-13/h7-8,12,14H,5-6,9-10H2,1-4H3. The number of thiophene rings is 1. The molecule has 0 aliphatic rings. The van der Waals surface area contributed by atoms with Crippen molar-refractivity contribution in [3.63, 3.8) is 0 Å². The Hall–Kier alpha value is -0.380. The topological polar surface area (TPSA) is 15.3 Å². The van der Waals surface area contributed by atoms with Crippen molar-refractivity contribution in [1.29, 1.82) is 0 Å². The van der Waals surface area contributed by atoms with Crippen LogP contribution in [0.15, 0.2) is 12.1 Å². The second-order valence-electron chi connectivity index (χ2n) is 4.15. The lowest BCUT2D eigenvalue weighted by Crippen LogP contribution is -2.32. The molecule has 0 aliphatic carbocycles. The maximum atomic E-state index is 3.58. The van der Waals surface area contributed by atoms with E-state index in [1.807, 2.05) is 11.3 Å². The molecule has 16 heavy (non-hydrogen) atoms. The van der Waals surface area contributed by atoms with Crippen molar-refractivity contribution in [3.8, 4) is 0 Å². The molecule has 1 aromatic rings. The summed E-state index contributed by atoms with van der Waals surface area (Å²) in [6.45, 7) is 13.3. The van der Waals surface area contributed by atoms with Gasteiger partial charge < -0.3 is 10.2 Å². The number of nitrogens with one attached hydrogen (secondary N) is 1. The van der Waals surface area contributed by atoms with Gasteiger partial charge in [-0.25, -0.2) is 0 Å². The molecule has 1 atom stereocenters. The van der Waals surface area contributed by atoms with E-state index in [1.165, 1.54) is 9.75 Å². The molecule has 1 rings (SSSR count). The summed E-state index contributed by atoms with van der Waals surface area (Å²) < 4.78 is 0. The first-order valence-electron chi connectivity index (χ1n) is 6.19. The van der Waals surface area contributed by atoms with E-state index in [9.17, 15) is 0 Å². The van der Waals surface area contributed by atoms with Crippen molar-refractivity contribution in [2.24, 2.45) is 0 Å². The monoisotopic (exact) mass is 240 g/mol. The molecule has 0 saturated carbocycles. The Morgan fingerprint density at radius 2 is 2.00 bits per heavy atom. The minimum Gasteiger partial charge on any atom is -0.308 e. The lowest BCUT2D eigenvalue weighted by Gasteiger charge is -2.19. The van der Waals surface area contributed by atoms with Gasteiger partial charge in [-0.2, -0.15) is 0 Å². The van der Waals surface area contributed by atoms with E-state index in [2.05, 4.69) is 50.0 Å². The van der Waals surface area contributed by atoms with Crippen LogP contribution in [0.3, 0.4) is 0 Å². The van der Waals surface area contributed by atoms with E-state index in [4.69, 9.17) is 0 Å². The highest BCUT2D eigenvalue weighted by atomic mass is 32.1. The molecule has 0 saturated heterocycles. The summed E-state index contributed by atoms with van der Waals surface area (Å²) in [7, 11) is 0. The summed E-state index contributed by atoms with van der Waals surface area (Å²) >= 11 is 1.89. The van der Waals surface area contributed by atoms with Crippen LogP contribution in [-0.4, -0.2) is 31.1 Å². The van der Waals surface area contributed by atoms with Crippen molar-refractivity contribution in [3.05, 3.63) is 21.9 Å². The van der Waals surface area contributed by atoms with Crippen molar-refractivity contribution in [2.45, 2.75) is 33.7 Å². The highest BCUT2D eigenvalue weighted by molar-refractivity contribution is 7.12. The Morgan fingerprint density at radius 3 is 2.50 bits per heavy atom. The van der Waals surface area contributed by atoms with E-state index in [0.717, 1.165) is 26.2 Å². The predicted octanol–water partition coefficient (Wildman–Crippen LogP) is 3.05. The molecule has 1 aromatic heterocycles. The third-order valence-electron chi connectivity index (χ3n) is 2.96. The molecule has 1 heterocycles. The van der Waals surface area contributed by atoms with Crippen LogP contribution >= 0.6 is 11.3 Å². The van der Waals surface area contributed by atoms with Crippen LogP contribution in [0, 0.1) is 6.92 Å². The molecule has 0 amide bonds. The number of aryl methyl sites for hydroxylation is 1. The summed E-state index contributed by atoms with van der Waals surface area (Å²) in [4.78, 5) is 5.28. The fraction of sp³-hybridized carbons (Fsp3) is 0.692. The third kappa shape index (κ3) is 4.24. The zero-order valence-electron chi connectivity index (χ0n) is 10.9. The summed E-state index contributed by atoms with van der Waals surface area (Å²) in [5, 5.41) is 3.58. The van der Waals surface area contributed by atoms with Crippen LogP contribution < -0.4 is 5.32 Å². The Labute approximate surface area is 104 Å². The van der Waals surface area contributed by atoms with Crippen LogP contribution in [0.4, 0.5) is 0 Å². The van der Waals surface area contributed by atoms with Gasteiger partial charge >= 0.3 is 0 Å². The molecule has 0 radical (unpaired) electrons. The van der Waals surface area contributed by atoms with E-state index in [0.29, 0.717) is 6.04 Å². The SMILES string of the molecule is CCN(CC)CCNC(C)c1ccc(C)s1. The Bertz CT molecular complexity index is 292. The van der Waals surface area contributed by atoms with E-state index >= 15 is 0 Å². The Morgan fingerprint density at radius 1 is 1.31 bits per heavy atom. The van der Waals surface area contributed by atoms with Gasteiger partial charge in [-0.05, 0) is 39.1 Å². The van der Waals surface area contributed by atoms with Gasteiger partial charge in [-0.15, -0.1) is 11.3 Å². The summed E-state index contributed by atoms with van der Waals surface area (Å²) in [6, 6.07) is 4.91. The number of nitrogens with zero attached hydrogens (tertiary/aromatic N) is 1. The average Bonchev–Trinajstić information content (AvgIpc) is 2.71. The quantitative estimate of drug-likeness (QED) is 0.788. The van der Waals surface area contributed by atoms with Crippen LogP contribution in [0.1, 0.15) is 36.6 Å². The smallest absolute Gasteiger partial charge is 0.0386 e. The molecule has 0 aliphatic heterocycles. The molecule has 2 nitrogen and oxygen atoms in total. The fourth-order valence-corrected chi connectivity index (χ4v) is 2.67. The summed E-state index contributed by atoms with van der Waals surface area (Å²) in [6.07, 6.45) is 0. The van der Waals surface area contributed by atoms with Gasteiger partial charge in [-0.1, -0.05) is 13.8 Å². The maximum absolute atomic E-state index is 3.58. The van der Waals surface area contributed by atoms with Crippen molar-refractivity contribution < 1.29 is 0 Å². The summed E-state index contributed by atoms with van der Waals surface area (Å²) in [5.74, 6) is 0. The molecule has 3 heteroatoms. The van der Waals surface area contributed by atoms with Gasteiger partial charge in [0.15, 0.2) is 0 Å². The molecule has 0 spiro atoms. The van der Waals surface area contributed by atoms with Crippen molar-refractivity contribution in [1.82, 2.24) is 10.2 Å². The van der Waals surface area contributed by atoms with Gasteiger partial charge in [-0.3, -0.25) is 0 Å². The Kier molecular flexibility index (Phi) is 6.03. The first-order valence-corrected chi connectivity index (χ1v) is 7.01. The first-order chi connectivity index (χ1) is 7.67. The van der Waals surface area contributed by atoms with Gasteiger partial charge in [0.25, 0.3) is 0 Å². The van der Waals surface area contributed by atoms with E-state index < -0.39 is 0 Å². The molecule has 92 valence electrons. The van der Waals surface area contributed by atoms with Gasteiger partial charge in [0.05, 0.1) is 0 Å². The average molecular weight is 240 g/mol. The number of hydrogen-bond acceptors (Lipinski definition) is 3. The van der Waals surface area contributed by atoms with Crippen LogP contribution in [0.2, 0.25) is 0 Å². The largest absolute Gasteiger partial charge is 0.308 e. The first kappa shape index (κ1) is 13.7. The number of rotatable bonds is 7. The molecular weight excluding hydrogens is 216 g/mol. The van der Waals surface area contributed by atoms with Gasteiger partial charge in [0.2, 0.25) is 0 Å². The zero-order chi connectivity index (χ0) is 12.0. The lowest BCUT2D eigenvalue weighted by molar-refractivity contribution is 0.298. The fourth-order valence-electron chi connectivity index (χ4n) is 1.77. The second-order valence-corrected chi connectivity index (χ2v) is 5.47. The van der Waals surface area contributed by atoms with Gasteiger partial charge in [0, 0.05) is 28.9 Å². The lowest BCUT2D eigenvalue weighted by atomic mass is 10.2. The predicted molar refractivity (Wildman–Crippen MR) is 73.3 cm³/mol. The molecule has 0 fully saturated rings. The van der Waals surface area contributed by atoms with Crippen molar-refractivity contribution in [2.75, 3.05) is 26.2 Å². The van der Waals surface area contributed by atoms with Crippen LogP contribution in [0.5, 0.6) is 0 Å². The number of likely N-dealkylation sites (N-methyl/N-ethyl adjacent to an activating group) is 1. The normalized spacial score (nSPS) is 13.3. The van der Waals surface area contributed by atoms with E-state index in [-0.39, 0.29) is 0 Å². The van der Waals surface area contributed by atoms with E-state index in [1.54, 1.807) is 0 Å². The highest BCUT2D eigenvalue weighted by Gasteiger charge is 2.07.